The molecule has 0 saturated carbocycles. The molecule has 2 aromatic rings. The van der Waals surface area contributed by atoms with Crippen molar-refractivity contribution in [3.05, 3.63) is 64.2 Å². The smallest absolute Gasteiger partial charge is 0.173 e. The van der Waals surface area contributed by atoms with E-state index in [0.29, 0.717) is 11.8 Å². The average molecular weight is 315 g/mol. The number of rotatable bonds is 5. The minimum absolute atomic E-state index is 0.323. The van der Waals surface area contributed by atoms with Gasteiger partial charge < -0.3 is 4.74 Å². The minimum atomic E-state index is 0.323. The van der Waals surface area contributed by atoms with Crippen LogP contribution in [0.2, 0.25) is 5.02 Å². The highest BCUT2D eigenvalue weighted by Crippen LogP contribution is 2.23. The van der Waals surface area contributed by atoms with Crippen molar-refractivity contribution in [3.63, 3.8) is 0 Å². The molecule has 2 aromatic carbocycles. The largest absolute Gasteiger partial charge is 0.472 e. The van der Waals surface area contributed by atoms with Crippen LogP contribution in [0, 0.1) is 0 Å². The molecule has 0 amide bonds. The minimum Gasteiger partial charge on any atom is -0.472 e. The number of nitrogens with one attached hydrogen (secondary N) is 1. The Morgan fingerprint density at radius 1 is 1.14 bits per heavy atom. The number of hydrogen-bond donors (Lipinski definition) is 1. The van der Waals surface area contributed by atoms with Crippen LogP contribution >= 0.6 is 11.6 Å². The molecule has 0 heterocycles. The first-order chi connectivity index (χ1) is 10.7. The van der Waals surface area contributed by atoms with Crippen molar-refractivity contribution in [3.8, 4) is 5.75 Å². The molecular formula is C18H19ClN2O. The molecule has 22 heavy (non-hydrogen) atoms. The number of nitrogens with zero attached hydrogens (tertiary/aromatic N) is 1. The second-order valence-corrected chi connectivity index (χ2v) is 5.87. The first-order valence-corrected chi connectivity index (χ1v) is 7.88. The van der Waals surface area contributed by atoms with Gasteiger partial charge in [0.25, 0.3) is 0 Å². The fourth-order valence-corrected chi connectivity index (χ4v) is 2.78. The van der Waals surface area contributed by atoms with Gasteiger partial charge in [0.1, 0.15) is 5.75 Å². The zero-order valence-corrected chi connectivity index (χ0v) is 13.4. The fourth-order valence-electron chi connectivity index (χ4n) is 2.66. The number of benzene rings is 2. The molecule has 1 aliphatic carbocycles. The highest BCUT2D eigenvalue weighted by molar-refractivity contribution is 6.30. The van der Waals surface area contributed by atoms with Crippen molar-refractivity contribution in [2.75, 3.05) is 6.73 Å². The molecule has 114 valence electrons. The lowest BCUT2D eigenvalue weighted by Crippen LogP contribution is -2.16. The quantitative estimate of drug-likeness (QED) is 0.389. The summed E-state index contributed by atoms with van der Waals surface area (Å²) >= 11 is 5.83. The topological polar surface area (TPSA) is 33.6 Å². The Morgan fingerprint density at radius 3 is 2.73 bits per heavy atom. The third-order valence-corrected chi connectivity index (χ3v) is 4.13. The highest BCUT2D eigenvalue weighted by Gasteiger charge is 2.11. The van der Waals surface area contributed by atoms with Crippen molar-refractivity contribution in [1.29, 1.82) is 0 Å². The summed E-state index contributed by atoms with van der Waals surface area (Å²) in [6.07, 6.45) is 3.66. The molecule has 0 fully saturated rings. The summed E-state index contributed by atoms with van der Waals surface area (Å²) in [4.78, 5) is 0. The van der Waals surface area contributed by atoms with E-state index in [1.807, 2.05) is 19.1 Å². The van der Waals surface area contributed by atoms with Crippen LogP contribution in [0.15, 0.2) is 47.6 Å². The van der Waals surface area contributed by atoms with E-state index in [4.69, 9.17) is 16.3 Å². The number of hydrazone groups is 1. The van der Waals surface area contributed by atoms with Crippen molar-refractivity contribution >= 4 is 17.3 Å². The third kappa shape index (κ3) is 3.60. The van der Waals surface area contributed by atoms with Crippen LogP contribution in [0.1, 0.15) is 30.0 Å². The van der Waals surface area contributed by atoms with Gasteiger partial charge in [0.05, 0.1) is 5.71 Å². The maximum absolute atomic E-state index is 5.83. The summed E-state index contributed by atoms with van der Waals surface area (Å²) in [6, 6.07) is 13.9. The van der Waals surface area contributed by atoms with Crippen LogP contribution < -0.4 is 10.2 Å². The molecule has 4 heteroatoms. The Kier molecular flexibility index (Phi) is 4.64. The molecule has 1 aliphatic rings. The van der Waals surface area contributed by atoms with Crippen molar-refractivity contribution in [2.24, 2.45) is 5.10 Å². The van der Waals surface area contributed by atoms with Crippen molar-refractivity contribution < 1.29 is 4.74 Å². The number of aryl methyl sites for hydroxylation is 2. The maximum Gasteiger partial charge on any atom is 0.173 e. The fraction of sp³-hybridized carbons (Fsp3) is 0.278. The monoisotopic (exact) mass is 314 g/mol. The van der Waals surface area contributed by atoms with Gasteiger partial charge in [0, 0.05) is 5.02 Å². The van der Waals surface area contributed by atoms with Crippen LogP contribution in [0.25, 0.3) is 0 Å². The Bertz CT molecular complexity index is 680. The second kappa shape index (κ2) is 6.84. The van der Waals surface area contributed by atoms with E-state index in [-0.39, 0.29) is 0 Å². The standard InChI is InChI=1S/C18H19ClN2O/c1-13(15-6-5-14-3-2-4-16(14)11-15)21-20-12-22-18-9-7-17(19)8-10-18/h5-11,20H,2-4,12H2,1H3/b21-13+. The van der Waals surface area contributed by atoms with Crippen molar-refractivity contribution in [1.82, 2.24) is 5.43 Å². The predicted molar refractivity (Wildman–Crippen MR) is 90.8 cm³/mol. The zero-order valence-electron chi connectivity index (χ0n) is 12.6. The summed E-state index contributed by atoms with van der Waals surface area (Å²) in [5.41, 5.74) is 8.03. The summed E-state index contributed by atoms with van der Waals surface area (Å²) < 4.78 is 5.54. The number of halogens is 1. The summed E-state index contributed by atoms with van der Waals surface area (Å²) in [6.45, 7) is 2.33. The number of fused-ring (bicyclic) bond motifs is 1. The Labute approximate surface area is 136 Å². The SMILES string of the molecule is C/C(=N\NCOc1ccc(Cl)cc1)c1ccc2c(c1)CCC2. The lowest BCUT2D eigenvalue weighted by molar-refractivity contribution is 0.287. The molecular weight excluding hydrogens is 296 g/mol. The van der Waals surface area contributed by atoms with Gasteiger partial charge in [-0.2, -0.15) is 5.10 Å². The normalized spacial score (nSPS) is 13.8. The van der Waals surface area contributed by atoms with Gasteiger partial charge in [-0.3, -0.25) is 5.43 Å². The summed E-state index contributed by atoms with van der Waals surface area (Å²) in [5, 5.41) is 5.07. The van der Waals surface area contributed by atoms with Crippen LogP contribution in [0.4, 0.5) is 0 Å². The Morgan fingerprint density at radius 2 is 1.91 bits per heavy atom. The van der Waals surface area contributed by atoms with Gasteiger partial charge in [-0.25, -0.2) is 0 Å². The first-order valence-electron chi connectivity index (χ1n) is 7.50. The second-order valence-electron chi connectivity index (χ2n) is 5.43. The van der Waals surface area contributed by atoms with E-state index in [1.54, 1.807) is 12.1 Å². The molecule has 0 radical (unpaired) electrons. The molecule has 1 N–H and O–H groups in total. The Balaban J connectivity index is 1.55. The maximum atomic E-state index is 5.83. The van der Waals surface area contributed by atoms with E-state index >= 15 is 0 Å². The van der Waals surface area contributed by atoms with Crippen LogP contribution in [-0.4, -0.2) is 12.4 Å². The first kappa shape index (κ1) is 14.9. The molecule has 0 aliphatic heterocycles. The predicted octanol–water partition coefficient (Wildman–Crippen LogP) is 4.18. The number of ether oxygens (including phenoxy) is 1. The van der Waals surface area contributed by atoms with Crippen LogP contribution in [0.5, 0.6) is 5.75 Å². The van der Waals surface area contributed by atoms with Gasteiger partial charge in [0.15, 0.2) is 6.73 Å². The number of hydrogen-bond acceptors (Lipinski definition) is 3. The van der Waals surface area contributed by atoms with E-state index in [9.17, 15) is 0 Å². The lowest BCUT2D eigenvalue weighted by atomic mass is 10.0. The van der Waals surface area contributed by atoms with Gasteiger partial charge in [-0.1, -0.05) is 23.7 Å². The van der Waals surface area contributed by atoms with Crippen LogP contribution in [-0.2, 0) is 12.8 Å². The molecule has 0 saturated heterocycles. The molecule has 0 atom stereocenters. The zero-order chi connectivity index (χ0) is 15.4. The van der Waals surface area contributed by atoms with Gasteiger partial charge in [0.2, 0.25) is 0 Å². The summed E-state index contributed by atoms with van der Waals surface area (Å²) in [5.74, 6) is 0.766. The van der Waals surface area contributed by atoms with E-state index in [0.717, 1.165) is 11.5 Å². The van der Waals surface area contributed by atoms with E-state index in [1.165, 1.54) is 36.0 Å². The molecule has 0 aromatic heterocycles. The van der Waals surface area contributed by atoms with Gasteiger partial charge in [-0.15, -0.1) is 0 Å². The molecule has 0 unspecified atom stereocenters. The van der Waals surface area contributed by atoms with E-state index in [2.05, 4.69) is 28.7 Å². The lowest BCUT2D eigenvalue weighted by Gasteiger charge is -2.08. The van der Waals surface area contributed by atoms with Crippen LogP contribution in [0.3, 0.4) is 0 Å². The average Bonchev–Trinajstić information content (AvgIpc) is 3.00. The highest BCUT2D eigenvalue weighted by atomic mass is 35.5. The van der Waals surface area contributed by atoms with Crippen molar-refractivity contribution in [2.45, 2.75) is 26.2 Å². The Hall–Kier alpha value is -2.00. The summed E-state index contributed by atoms with van der Waals surface area (Å²) in [7, 11) is 0. The molecule has 3 rings (SSSR count). The molecule has 3 nitrogen and oxygen atoms in total. The molecule has 0 bridgehead atoms. The van der Waals surface area contributed by atoms with E-state index < -0.39 is 0 Å². The molecule has 0 spiro atoms. The van der Waals surface area contributed by atoms with Gasteiger partial charge in [-0.05, 0) is 73.2 Å². The van der Waals surface area contributed by atoms with Gasteiger partial charge >= 0.3 is 0 Å². The third-order valence-electron chi connectivity index (χ3n) is 3.88.